The molecular formula is C12H18ClNO. The molecule has 0 heterocycles. The first-order chi connectivity index (χ1) is 7.22. The van der Waals surface area contributed by atoms with Crippen molar-refractivity contribution < 1.29 is 4.74 Å². The number of hydrogen-bond donors (Lipinski definition) is 1. The van der Waals surface area contributed by atoms with Gasteiger partial charge in [-0.15, -0.1) is 0 Å². The topological polar surface area (TPSA) is 21.3 Å². The van der Waals surface area contributed by atoms with Crippen molar-refractivity contribution in [2.45, 2.75) is 26.3 Å². The highest BCUT2D eigenvalue weighted by molar-refractivity contribution is 6.32. The van der Waals surface area contributed by atoms with Crippen LogP contribution in [0, 0.1) is 0 Å². The standard InChI is InChI=1S/C12H18ClNO/c1-4-11(14-5-2)9-6-7-10(13)12(8-9)15-3/h6-8,11,14H,4-5H2,1-3H3. The zero-order valence-electron chi connectivity index (χ0n) is 9.51. The zero-order valence-corrected chi connectivity index (χ0v) is 10.3. The number of rotatable bonds is 5. The third kappa shape index (κ3) is 3.11. The average Bonchev–Trinajstić information content (AvgIpc) is 2.27. The maximum absolute atomic E-state index is 5.98. The van der Waals surface area contributed by atoms with E-state index in [9.17, 15) is 0 Å². The van der Waals surface area contributed by atoms with Crippen LogP contribution in [0.5, 0.6) is 5.75 Å². The molecule has 0 aliphatic rings. The van der Waals surface area contributed by atoms with Crippen LogP contribution in [0.2, 0.25) is 5.02 Å². The fourth-order valence-corrected chi connectivity index (χ4v) is 1.83. The molecule has 1 atom stereocenters. The van der Waals surface area contributed by atoms with Crippen molar-refractivity contribution in [3.8, 4) is 5.75 Å². The van der Waals surface area contributed by atoms with E-state index in [4.69, 9.17) is 16.3 Å². The molecule has 0 spiro atoms. The predicted octanol–water partition coefficient (Wildman–Crippen LogP) is 3.41. The van der Waals surface area contributed by atoms with Gasteiger partial charge in [0.15, 0.2) is 0 Å². The lowest BCUT2D eigenvalue weighted by Gasteiger charge is -2.17. The van der Waals surface area contributed by atoms with E-state index in [1.165, 1.54) is 5.56 Å². The van der Waals surface area contributed by atoms with Crippen LogP contribution < -0.4 is 10.1 Å². The first-order valence-electron chi connectivity index (χ1n) is 5.29. The maximum atomic E-state index is 5.98. The Morgan fingerprint density at radius 1 is 1.40 bits per heavy atom. The summed E-state index contributed by atoms with van der Waals surface area (Å²) in [5.74, 6) is 0.741. The lowest BCUT2D eigenvalue weighted by molar-refractivity contribution is 0.413. The molecule has 1 unspecified atom stereocenters. The lowest BCUT2D eigenvalue weighted by atomic mass is 10.0. The second-order valence-electron chi connectivity index (χ2n) is 3.41. The van der Waals surface area contributed by atoms with E-state index in [0.717, 1.165) is 18.7 Å². The van der Waals surface area contributed by atoms with Crippen molar-refractivity contribution >= 4 is 11.6 Å². The van der Waals surface area contributed by atoms with Gasteiger partial charge in [-0.1, -0.05) is 31.5 Å². The third-order valence-corrected chi connectivity index (χ3v) is 2.75. The molecular weight excluding hydrogens is 210 g/mol. The normalized spacial score (nSPS) is 12.5. The fourth-order valence-electron chi connectivity index (χ4n) is 1.64. The van der Waals surface area contributed by atoms with E-state index >= 15 is 0 Å². The molecule has 1 N–H and O–H groups in total. The lowest BCUT2D eigenvalue weighted by Crippen LogP contribution is -2.19. The smallest absolute Gasteiger partial charge is 0.137 e. The van der Waals surface area contributed by atoms with Crippen LogP contribution in [0.3, 0.4) is 0 Å². The van der Waals surface area contributed by atoms with Crippen LogP contribution >= 0.6 is 11.6 Å². The molecule has 1 rings (SSSR count). The van der Waals surface area contributed by atoms with Crippen LogP contribution in [0.1, 0.15) is 31.9 Å². The summed E-state index contributed by atoms with van der Waals surface area (Å²) in [7, 11) is 1.64. The van der Waals surface area contributed by atoms with Gasteiger partial charge in [-0.2, -0.15) is 0 Å². The van der Waals surface area contributed by atoms with Gasteiger partial charge in [0.1, 0.15) is 5.75 Å². The Hall–Kier alpha value is -0.730. The van der Waals surface area contributed by atoms with Gasteiger partial charge >= 0.3 is 0 Å². The van der Waals surface area contributed by atoms with E-state index in [1.54, 1.807) is 7.11 Å². The highest BCUT2D eigenvalue weighted by atomic mass is 35.5. The first-order valence-corrected chi connectivity index (χ1v) is 5.67. The number of hydrogen-bond acceptors (Lipinski definition) is 2. The van der Waals surface area contributed by atoms with Crippen molar-refractivity contribution in [3.63, 3.8) is 0 Å². The molecule has 0 saturated heterocycles. The summed E-state index contributed by atoms with van der Waals surface area (Å²) in [4.78, 5) is 0. The second kappa shape index (κ2) is 5.99. The molecule has 0 aliphatic carbocycles. The number of benzene rings is 1. The SMILES string of the molecule is CCNC(CC)c1ccc(Cl)c(OC)c1. The molecule has 1 aromatic rings. The number of methoxy groups -OCH3 is 1. The molecule has 0 bridgehead atoms. The van der Waals surface area contributed by atoms with Crippen molar-refractivity contribution in [3.05, 3.63) is 28.8 Å². The summed E-state index contributed by atoms with van der Waals surface area (Å²) in [6, 6.07) is 6.30. The van der Waals surface area contributed by atoms with Crippen LogP contribution in [0.4, 0.5) is 0 Å². The quantitative estimate of drug-likeness (QED) is 0.833. The fraction of sp³-hybridized carbons (Fsp3) is 0.500. The van der Waals surface area contributed by atoms with E-state index in [1.807, 2.05) is 18.2 Å². The van der Waals surface area contributed by atoms with Crippen LogP contribution in [0.15, 0.2) is 18.2 Å². The van der Waals surface area contributed by atoms with Crippen molar-refractivity contribution in [2.24, 2.45) is 0 Å². The summed E-state index contributed by atoms with van der Waals surface area (Å²) in [6.45, 7) is 5.23. The third-order valence-electron chi connectivity index (χ3n) is 2.44. The molecule has 0 aliphatic heterocycles. The van der Waals surface area contributed by atoms with E-state index in [-0.39, 0.29) is 0 Å². The van der Waals surface area contributed by atoms with Crippen LogP contribution in [-0.2, 0) is 0 Å². The summed E-state index contributed by atoms with van der Waals surface area (Å²) in [5, 5.41) is 4.08. The molecule has 3 heteroatoms. The first kappa shape index (κ1) is 12.3. The Labute approximate surface area is 96.6 Å². The molecule has 15 heavy (non-hydrogen) atoms. The molecule has 2 nitrogen and oxygen atoms in total. The van der Waals surface area contributed by atoms with Gasteiger partial charge in [0, 0.05) is 6.04 Å². The van der Waals surface area contributed by atoms with Gasteiger partial charge in [-0.3, -0.25) is 0 Å². The van der Waals surface area contributed by atoms with Gasteiger partial charge in [0.05, 0.1) is 12.1 Å². The van der Waals surface area contributed by atoms with Crippen LogP contribution in [0.25, 0.3) is 0 Å². The summed E-state index contributed by atoms with van der Waals surface area (Å²) < 4.78 is 5.20. The number of nitrogens with one attached hydrogen (secondary N) is 1. The summed E-state index contributed by atoms with van der Waals surface area (Å²) >= 11 is 5.98. The van der Waals surface area contributed by atoms with Gasteiger partial charge < -0.3 is 10.1 Å². The van der Waals surface area contributed by atoms with Gasteiger partial charge in [-0.05, 0) is 30.7 Å². The molecule has 0 amide bonds. The Morgan fingerprint density at radius 3 is 2.67 bits per heavy atom. The van der Waals surface area contributed by atoms with E-state index < -0.39 is 0 Å². The molecule has 0 fully saturated rings. The van der Waals surface area contributed by atoms with Crippen LogP contribution in [-0.4, -0.2) is 13.7 Å². The number of ether oxygens (including phenoxy) is 1. The minimum atomic E-state index is 0.376. The molecule has 0 saturated carbocycles. The molecule has 84 valence electrons. The molecule has 0 radical (unpaired) electrons. The Balaban J connectivity index is 2.92. The minimum absolute atomic E-state index is 0.376. The van der Waals surface area contributed by atoms with Gasteiger partial charge in [0.25, 0.3) is 0 Å². The van der Waals surface area contributed by atoms with Crippen molar-refractivity contribution in [1.82, 2.24) is 5.32 Å². The monoisotopic (exact) mass is 227 g/mol. The van der Waals surface area contributed by atoms with Gasteiger partial charge in [-0.25, -0.2) is 0 Å². The van der Waals surface area contributed by atoms with Crippen molar-refractivity contribution in [2.75, 3.05) is 13.7 Å². The Bertz CT molecular complexity index is 314. The zero-order chi connectivity index (χ0) is 11.3. The number of halogens is 1. The summed E-state index contributed by atoms with van der Waals surface area (Å²) in [5.41, 5.74) is 1.22. The minimum Gasteiger partial charge on any atom is -0.495 e. The molecule has 1 aromatic carbocycles. The maximum Gasteiger partial charge on any atom is 0.137 e. The Morgan fingerprint density at radius 2 is 2.13 bits per heavy atom. The highest BCUT2D eigenvalue weighted by Crippen LogP contribution is 2.28. The van der Waals surface area contributed by atoms with Crippen molar-refractivity contribution in [1.29, 1.82) is 0 Å². The average molecular weight is 228 g/mol. The largest absolute Gasteiger partial charge is 0.495 e. The summed E-state index contributed by atoms with van der Waals surface area (Å²) in [6.07, 6.45) is 1.05. The predicted molar refractivity (Wildman–Crippen MR) is 64.7 cm³/mol. The van der Waals surface area contributed by atoms with E-state index in [2.05, 4.69) is 19.2 Å². The molecule has 0 aromatic heterocycles. The Kier molecular flexibility index (Phi) is 4.92. The van der Waals surface area contributed by atoms with E-state index in [0.29, 0.717) is 11.1 Å². The second-order valence-corrected chi connectivity index (χ2v) is 3.82. The van der Waals surface area contributed by atoms with Gasteiger partial charge in [0.2, 0.25) is 0 Å². The highest BCUT2D eigenvalue weighted by Gasteiger charge is 2.10.